The van der Waals surface area contributed by atoms with E-state index < -0.39 is 6.04 Å². The van der Waals surface area contributed by atoms with Gasteiger partial charge in [-0.2, -0.15) is 0 Å². The molecule has 0 saturated carbocycles. The number of benzene rings is 1. The Morgan fingerprint density at radius 3 is 2.65 bits per heavy atom. The zero-order chi connectivity index (χ0) is 14.7. The molecule has 1 atom stereocenters. The van der Waals surface area contributed by atoms with Crippen molar-refractivity contribution >= 4 is 23.4 Å². The van der Waals surface area contributed by atoms with Crippen LogP contribution >= 0.6 is 0 Å². The highest BCUT2D eigenvalue weighted by molar-refractivity contribution is 6.01. The molecule has 6 nitrogen and oxygen atoms in total. The molecule has 1 unspecified atom stereocenters. The fourth-order valence-corrected chi connectivity index (χ4v) is 2.12. The number of imide groups is 1. The second-order valence-corrected chi connectivity index (χ2v) is 4.87. The molecule has 1 aliphatic heterocycles. The summed E-state index contributed by atoms with van der Waals surface area (Å²) in [5.74, 6) is -0.804. The molecule has 0 bridgehead atoms. The minimum Gasteiger partial charge on any atom is -0.399 e. The van der Waals surface area contributed by atoms with Crippen molar-refractivity contribution in [3.8, 4) is 0 Å². The van der Waals surface area contributed by atoms with Gasteiger partial charge in [-0.1, -0.05) is 12.1 Å². The van der Waals surface area contributed by atoms with Crippen molar-refractivity contribution < 1.29 is 14.4 Å². The molecule has 1 fully saturated rings. The Kier molecular flexibility index (Phi) is 4.02. The quantitative estimate of drug-likeness (QED) is 0.603. The molecule has 1 aromatic rings. The molecular formula is C14H17N3O3. The first-order valence-electron chi connectivity index (χ1n) is 6.41. The molecule has 1 aromatic carbocycles. The smallest absolute Gasteiger partial charge is 0.251 e. The molecule has 0 radical (unpaired) electrons. The second-order valence-electron chi connectivity index (χ2n) is 4.87. The van der Waals surface area contributed by atoms with Gasteiger partial charge in [0.15, 0.2) is 0 Å². The van der Waals surface area contributed by atoms with E-state index in [0.29, 0.717) is 12.1 Å². The van der Waals surface area contributed by atoms with Crippen LogP contribution < -0.4 is 11.1 Å². The highest BCUT2D eigenvalue weighted by atomic mass is 16.2. The number of nitrogens with zero attached hydrogens (tertiary/aromatic N) is 1. The Morgan fingerprint density at radius 2 is 2.00 bits per heavy atom. The first-order valence-corrected chi connectivity index (χ1v) is 6.41. The highest BCUT2D eigenvalue weighted by Gasteiger charge is 2.32. The zero-order valence-corrected chi connectivity index (χ0v) is 11.3. The number of piperidine rings is 1. The van der Waals surface area contributed by atoms with E-state index in [2.05, 4.69) is 5.32 Å². The molecule has 3 amide bonds. The van der Waals surface area contributed by atoms with Crippen LogP contribution in [0, 0.1) is 0 Å². The Hall–Kier alpha value is -2.37. The Labute approximate surface area is 116 Å². The number of nitrogen functional groups attached to an aromatic ring is 1. The summed E-state index contributed by atoms with van der Waals surface area (Å²) >= 11 is 0. The minimum absolute atomic E-state index is 0.182. The number of likely N-dealkylation sites (N-methyl/N-ethyl adjacent to an activating group) is 1. The fourth-order valence-electron chi connectivity index (χ4n) is 2.12. The maximum absolute atomic E-state index is 11.9. The van der Waals surface area contributed by atoms with Crippen molar-refractivity contribution in [2.24, 2.45) is 0 Å². The standard InChI is InChI=1S/C14H17N3O3/c1-17-13(19)7-6-11(14(17)20)16-12(18)8-9-2-4-10(15)5-3-9/h2-5,11H,6-8,15H2,1H3,(H,16,18). The van der Waals surface area contributed by atoms with E-state index in [1.807, 2.05) is 0 Å². The summed E-state index contributed by atoms with van der Waals surface area (Å²) in [6.07, 6.45) is 0.812. The van der Waals surface area contributed by atoms with Gasteiger partial charge in [0.05, 0.1) is 6.42 Å². The van der Waals surface area contributed by atoms with Gasteiger partial charge in [0.25, 0.3) is 5.91 Å². The van der Waals surface area contributed by atoms with E-state index in [9.17, 15) is 14.4 Å². The molecular weight excluding hydrogens is 258 g/mol. The van der Waals surface area contributed by atoms with Gasteiger partial charge in [-0.05, 0) is 24.1 Å². The summed E-state index contributed by atoms with van der Waals surface area (Å²) in [5.41, 5.74) is 7.03. The lowest BCUT2D eigenvalue weighted by molar-refractivity contribution is -0.149. The van der Waals surface area contributed by atoms with Gasteiger partial charge in [0.2, 0.25) is 11.8 Å². The normalized spacial score (nSPS) is 19.1. The molecule has 6 heteroatoms. The molecule has 1 aliphatic rings. The number of hydrogen-bond donors (Lipinski definition) is 2. The SMILES string of the molecule is CN1C(=O)CCC(NC(=O)Cc2ccc(N)cc2)C1=O. The largest absolute Gasteiger partial charge is 0.399 e. The van der Waals surface area contributed by atoms with E-state index >= 15 is 0 Å². The molecule has 1 saturated heterocycles. The third-order valence-corrected chi connectivity index (χ3v) is 3.33. The van der Waals surface area contributed by atoms with Crippen LogP contribution in [0.15, 0.2) is 24.3 Å². The topological polar surface area (TPSA) is 92.5 Å². The maximum atomic E-state index is 11.9. The molecule has 3 N–H and O–H groups in total. The lowest BCUT2D eigenvalue weighted by atomic mass is 10.0. The summed E-state index contributed by atoms with van der Waals surface area (Å²) in [6.45, 7) is 0. The number of rotatable bonds is 3. The van der Waals surface area contributed by atoms with Crippen LogP contribution in [0.25, 0.3) is 0 Å². The zero-order valence-electron chi connectivity index (χ0n) is 11.3. The lowest BCUT2D eigenvalue weighted by Gasteiger charge is -2.28. The molecule has 2 rings (SSSR count). The van der Waals surface area contributed by atoms with Crippen LogP contribution in [-0.4, -0.2) is 35.7 Å². The number of hydrogen-bond acceptors (Lipinski definition) is 4. The molecule has 20 heavy (non-hydrogen) atoms. The summed E-state index contributed by atoms with van der Waals surface area (Å²) < 4.78 is 0. The van der Waals surface area contributed by atoms with E-state index in [-0.39, 0.29) is 30.6 Å². The molecule has 0 spiro atoms. The lowest BCUT2D eigenvalue weighted by Crippen LogP contribution is -2.53. The van der Waals surface area contributed by atoms with Gasteiger partial charge in [0.1, 0.15) is 6.04 Å². The number of likely N-dealkylation sites (tertiary alicyclic amines) is 1. The van der Waals surface area contributed by atoms with Crippen LogP contribution in [0.3, 0.4) is 0 Å². The molecule has 0 aromatic heterocycles. The predicted molar refractivity (Wildman–Crippen MR) is 73.5 cm³/mol. The van der Waals surface area contributed by atoms with Gasteiger partial charge in [-0.25, -0.2) is 0 Å². The number of amides is 3. The van der Waals surface area contributed by atoms with Crippen LogP contribution in [-0.2, 0) is 20.8 Å². The van der Waals surface area contributed by atoms with Gasteiger partial charge in [-0.15, -0.1) is 0 Å². The van der Waals surface area contributed by atoms with Crippen molar-refractivity contribution in [2.75, 3.05) is 12.8 Å². The van der Waals surface area contributed by atoms with E-state index in [4.69, 9.17) is 5.73 Å². The van der Waals surface area contributed by atoms with Crippen LogP contribution in [0.1, 0.15) is 18.4 Å². The van der Waals surface area contributed by atoms with Crippen molar-refractivity contribution in [3.63, 3.8) is 0 Å². The first-order chi connectivity index (χ1) is 9.47. The monoisotopic (exact) mass is 275 g/mol. The average Bonchev–Trinajstić information content (AvgIpc) is 2.42. The molecule has 106 valence electrons. The number of anilines is 1. The summed E-state index contributed by atoms with van der Waals surface area (Å²) in [6, 6.07) is 6.38. The first kappa shape index (κ1) is 14.0. The summed E-state index contributed by atoms with van der Waals surface area (Å²) in [5, 5.41) is 2.67. The highest BCUT2D eigenvalue weighted by Crippen LogP contribution is 2.12. The third-order valence-electron chi connectivity index (χ3n) is 3.33. The number of nitrogens with one attached hydrogen (secondary N) is 1. The Balaban J connectivity index is 1.93. The van der Waals surface area contributed by atoms with Gasteiger partial charge in [0, 0.05) is 19.2 Å². The summed E-state index contributed by atoms with van der Waals surface area (Å²) in [7, 11) is 1.43. The van der Waals surface area contributed by atoms with E-state index in [0.717, 1.165) is 10.5 Å². The second kappa shape index (κ2) is 5.73. The van der Waals surface area contributed by atoms with Gasteiger partial charge < -0.3 is 11.1 Å². The number of carbonyl (C=O) groups is 3. The predicted octanol–water partition coefficient (Wildman–Crippen LogP) is 0.0749. The van der Waals surface area contributed by atoms with Crippen LogP contribution in [0.5, 0.6) is 0 Å². The molecule has 1 heterocycles. The minimum atomic E-state index is -0.612. The van der Waals surface area contributed by atoms with Crippen LogP contribution in [0.4, 0.5) is 5.69 Å². The maximum Gasteiger partial charge on any atom is 0.251 e. The molecule has 0 aliphatic carbocycles. The van der Waals surface area contributed by atoms with Crippen molar-refractivity contribution in [2.45, 2.75) is 25.3 Å². The van der Waals surface area contributed by atoms with Gasteiger partial charge in [-0.3, -0.25) is 19.3 Å². The van der Waals surface area contributed by atoms with Crippen molar-refractivity contribution in [1.29, 1.82) is 0 Å². The number of nitrogens with two attached hydrogens (primary N) is 1. The van der Waals surface area contributed by atoms with E-state index in [1.54, 1.807) is 24.3 Å². The summed E-state index contributed by atoms with van der Waals surface area (Å²) in [4.78, 5) is 36.1. The van der Waals surface area contributed by atoms with Gasteiger partial charge >= 0.3 is 0 Å². The fraction of sp³-hybridized carbons (Fsp3) is 0.357. The van der Waals surface area contributed by atoms with Crippen LogP contribution in [0.2, 0.25) is 0 Å². The Morgan fingerprint density at radius 1 is 1.35 bits per heavy atom. The van der Waals surface area contributed by atoms with Crippen molar-refractivity contribution in [3.05, 3.63) is 29.8 Å². The van der Waals surface area contributed by atoms with E-state index in [1.165, 1.54) is 7.05 Å². The average molecular weight is 275 g/mol. The number of carbonyl (C=O) groups excluding carboxylic acids is 3. The third kappa shape index (κ3) is 3.14. The van der Waals surface area contributed by atoms with Crippen molar-refractivity contribution in [1.82, 2.24) is 10.2 Å². The Bertz CT molecular complexity index is 539.